The molecule has 1 amide bonds. The van der Waals surface area contributed by atoms with Crippen LogP contribution in [0.2, 0.25) is 0 Å². The minimum absolute atomic E-state index is 0.249. The molecule has 0 saturated carbocycles. The summed E-state index contributed by atoms with van der Waals surface area (Å²) >= 11 is 0. The largest absolute Gasteiger partial charge is 0.491 e. The molecule has 3 aromatic rings. The quantitative estimate of drug-likeness (QED) is 0.561. The molecule has 0 unspecified atom stereocenters. The van der Waals surface area contributed by atoms with Crippen LogP contribution in [0.3, 0.4) is 0 Å². The van der Waals surface area contributed by atoms with Gasteiger partial charge in [0, 0.05) is 32.1 Å². The summed E-state index contributed by atoms with van der Waals surface area (Å²) < 4.78 is 32.5. The third-order valence-corrected chi connectivity index (χ3v) is 6.52. The van der Waals surface area contributed by atoms with Crippen molar-refractivity contribution < 1.29 is 17.9 Å². The summed E-state index contributed by atoms with van der Waals surface area (Å²) in [5.74, 6) is 0.526. The number of hydrogen-bond acceptors (Lipinski definition) is 4. The number of nitrogens with zero attached hydrogens (tertiary/aromatic N) is 2. The van der Waals surface area contributed by atoms with Gasteiger partial charge >= 0.3 is 10.2 Å². The van der Waals surface area contributed by atoms with Gasteiger partial charge in [-0.1, -0.05) is 36.4 Å². The number of fused-ring (bicyclic) bond motifs is 1. The smallest absolute Gasteiger partial charge is 0.303 e. The maximum absolute atomic E-state index is 12.3. The molecule has 30 heavy (non-hydrogen) atoms. The molecular weight excluding hydrogens is 402 g/mol. The van der Waals surface area contributed by atoms with Crippen molar-refractivity contribution in [2.75, 3.05) is 38.6 Å². The second kappa shape index (κ2) is 9.15. The Bertz CT molecular complexity index is 1120. The summed E-state index contributed by atoms with van der Waals surface area (Å²) in [7, 11) is 0.827. The van der Waals surface area contributed by atoms with E-state index in [-0.39, 0.29) is 5.91 Å². The highest BCUT2D eigenvalue weighted by atomic mass is 32.2. The van der Waals surface area contributed by atoms with E-state index in [9.17, 15) is 13.2 Å². The molecule has 0 heterocycles. The topological polar surface area (TPSA) is 79.0 Å². The molecule has 1 N–H and O–H groups in total. The van der Waals surface area contributed by atoms with E-state index in [1.54, 1.807) is 24.3 Å². The average molecular weight is 428 g/mol. The number of benzene rings is 3. The first kappa shape index (κ1) is 21.6. The van der Waals surface area contributed by atoms with Gasteiger partial charge in [-0.15, -0.1) is 0 Å². The zero-order valence-corrected chi connectivity index (χ0v) is 18.0. The van der Waals surface area contributed by atoms with Crippen molar-refractivity contribution in [3.8, 4) is 5.75 Å². The number of rotatable bonds is 8. The fourth-order valence-electron chi connectivity index (χ4n) is 2.95. The van der Waals surface area contributed by atoms with Crippen molar-refractivity contribution in [2.45, 2.75) is 0 Å². The van der Waals surface area contributed by atoms with Gasteiger partial charge in [-0.05, 0) is 35.7 Å². The molecule has 3 aromatic carbocycles. The van der Waals surface area contributed by atoms with E-state index in [4.69, 9.17) is 4.74 Å². The molecule has 3 rings (SSSR count). The summed E-state index contributed by atoms with van der Waals surface area (Å²) in [6, 6.07) is 20.2. The Kier molecular flexibility index (Phi) is 6.59. The number of ether oxygens (including phenoxy) is 1. The molecule has 0 radical (unpaired) electrons. The standard InChI is InChI=1S/C22H25N3O4S/c1-24(2)30(27,28)25(3)19-13-11-18(12-14-19)22(26)23-15-16-29-21-10-6-8-17-7-4-5-9-20(17)21/h4-14H,15-16H2,1-3H3,(H,23,26). The maximum atomic E-state index is 12.3. The fourth-order valence-corrected chi connectivity index (χ4v) is 3.83. The highest BCUT2D eigenvalue weighted by Gasteiger charge is 2.21. The normalized spacial score (nSPS) is 11.5. The molecule has 0 aliphatic carbocycles. The van der Waals surface area contributed by atoms with Crippen LogP contribution >= 0.6 is 0 Å². The Morgan fingerprint density at radius 3 is 2.30 bits per heavy atom. The van der Waals surface area contributed by atoms with Gasteiger partial charge < -0.3 is 10.1 Å². The van der Waals surface area contributed by atoms with Crippen LogP contribution in [0, 0.1) is 0 Å². The maximum Gasteiger partial charge on any atom is 0.303 e. The lowest BCUT2D eigenvalue weighted by Crippen LogP contribution is -2.37. The van der Waals surface area contributed by atoms with Crippen LogP contribution in [0.1, 0.15) is 10.4 Å². The number of amides is 1. The Balaban J connectivity index is 1.55. The molecule has 7 nitrogen and oxygen atoms in total. The molecule has 0 saturated heterocycles. The number of carbonyl (C=O) groups excluding carboxylic acids is 1. The monoisotopic (exact) mass is 427 g/mol. The summed E-state index contributed by atoms with van der Waals surface area (Å²) in [6.45, 7) is 0.681. The number of nitrogens with one attached hydrogen (secondary N) is 1. The van der Waals surface area contributed by atoms with E-state index < -0.39 is 10.2 Å². The van der Waals surface area contributed by atoms with Gasteiger partial charge in [-0.3, -0.25) is 9.10 Å². The van der Waals surface area contributed by atoms with Crippen molar-refractivity contribution in [1.29, 1.82) is 0 Å². The molecule has 0 spiro atoms. The molecule has 0 aromatic heterocycles. The second-order valence-corrected chi connectivity index (χ2v) is 9.06. The lowest BCUT2D eigenvalue weighted by Gasteiger charge is -2.23. The first-order valence-corrected chi connectivity index (χ1v) is 10.9. The summed E-state index contributed by atoms with van der Waals surface area (Å²) in [5.41, 5.74) is 0.916. The summed E-state index contributed by atoms with van der Waals surface area (Å²) in [6.07, 6.45) is 0. The van der Waals surface area contributed by atoms with Gasteiger partial charge in [0.05, 0.1) is 12.2 Å². The molecule has 0 atom stereocenters. The lowest BCUT2D eigenvalue weighted by molar-refractivity contribution is 0.0947. The minimum Gasteiger partial charge on any atom is -0.491 e. The molecule has 0 aliphatic heterocycles. The molecule has 0 bridgehead atoms. The van der Waals surface area contributed by atoms with E-state index in [1.807, 2.05) is 42.5 Å². The zero-order chi connectivity index (χ0) is 21.7. The van der Waals surface area contributed by atoms with Crippen LogP contribution in [-0.4, -0.2) is 52.9 Å². The van der Waals surface area contributed by atoms with Gasteiger partial charge in [0.2, 0.25) is 0 Å². The van der Waals surface area contributed by atoms with Gasteiger partial charge in [0.1, 0.15) is 12.4 Å². The zero-order valence-electron chi connectivity index (χ0n) is 17.2. The predicted octanol–water partition coefficient (Wildman–Crippen LogP) is 2.89. The van der Waals surface area contributed by atoms with Crippen LogP contribution in [0.15, 0.2) is 66.7 Å². The first-order chi connectivity index (χ1) is 14.3. The van der Waals surface area contributed by atoms with E-state index in [2.05, 4.69) is 5.32 Å². The van der Waals surface area contributed by atoms with Gasteiger partial charge in [0.25, 0.3) is 5.91 Å². The highest BCUT2D eigenvalue weighted by molar-refractivity contribution is 7.90. The Hall–Kier alpha value is -3.10. The predicted molar refractivity (Wildman–Crippen MR) is 119 cm³/mol. The molecule has 0 aliphatic rings. The van der Waals surface area contributed by atoms with Crippen molar-refractivity contribution in [3.63, 3.8) is 0 Å². The van der Waals surface area contributed by atoms with Gasteiger partial charge in [0.15, 0.2) is 0 Å². The Morgan fingerprint density at radius 1 is 0.933 bits per heavy atom. The third-order valence-electron chi connectivity index (χ3n) is 4.70. The van der Waals surface area contributed by atoms with Crippen molar-refractivity contribution in [3.05, 3.63) is 72.3 Å². The molecular formula is C22H25N3O4S. The highest BCUT2D eigenvalue weighted by Crippen LogP contribution is 2.25. The lowest BCUT2D eigenvalue weighted by atomic mass is 10.1. The van der Waals surface area contributed by atoms with Crippen molar-refractivity contribution >= 4 is 32.6 Å². The number of anilines is 1. The van der Waals surface area contributed by atoms with E-state index >= 15 is 0 Å². The van der Waals surface area contributed by atoms with E-state index in [0.29, 0.717) is 24.4 Å². The number of hydrogen-bond donors (Lipinski definition) is 1. The number of carbonyl (C=O) groups is 1. The molecule has 8 heteroatoms. The van der Waals surface area contributed by atoms with Gasteiger partial charge in [-0.2, -0.15) is 12.7 Å². The van der Waals surface area contributed by atoms with Gasteiger partial charge in [-0.25, -0.2) is 0 Å². The van der Waals surface area contributed by atoms with Crippen molar-refractivity contribution in [2.24, 2.45) is 0 Å². The van der Waals surface area contributed by atoms with Crippen LogP contribution in [-0.2, 0) is 10.2 Å². The second-order valence-electron chi connectivity index (χ2n) is 6.89. The molecule has 0 fully saturated rings. The van der Waals surface area contributed by atoms with E-state index in [0.717, 1.165) is 25.1 Å². The fraction of sp³-hybridized carbons (Fsp3) is 0.227. The first-order valence-electron chi connectivity index (χ1n) is 9.46. The molecule has 158 valence electrons. The van der Waals surface area contributed by atoms with Crippen LogP contribution in [0.25, 0.3) is 10.8 Å². The Morgan fingerprint density at radius 2 is 1.60 bits per heavy atom. The Labute approximate surface area is 177 Å². The van der Waals surface area contributed by atoms with Crippen LogP contribution < -0.4 is 14.4 Å². The summed E-state index contributed by atoms with van der Waals surface area (Å²) in [5, 5.41) is 4.93. The SMILES string of the molecule is CN(C)S(=O)(=O)N(C)c1ccc(C(=O)NCCOc2cccc3ccccc23)cc1. The summed E-state index contributed by atoms with van der Waals surface area (Å²) in [4.78, 5) is 12.3. The minimum atomic E-state index is -3.57. The van der Waals surface area contributed by atoms with Crippen molar-refractivity contribution in [1.82, 2.24) is 9.62 Å². The average Bonchev–Trinajstić information content (AvgIpc) is 2.76. The van der Waals surface area contributed by atoms with E-state index in [1.165, 1.54) is 21.1 Å². The van der Waals surface area contributed by atoms with Crippen LogP contribution in [0.5, 0.6) is 5.75 Å². The third kappa shape index (κ3) is 4.72. The van der Waals surface area contributed by atoms with Crippen LogP contribution in [0.4, 0.5) is 5.69 Å².